The number of hydrogen-bond acceptors (Lipinski definition) is 5. The summed E-state index contributed by atoms with van der Waals surface area (Å²) in [5, 5.41) is 1.70. The maximum atomic E-state index is 13.7. The van der Waals surface area contributed by atoms with Gasteiger partial charge in [0.2, 0.25) is 5.91 Å². The monoisotopic (exact) mass is 421 g/mol. The number of benzene rings is 1. The summed E-state index contributed by atoms with van der Waals surface area (Å²) in [6.07, 6.45) is 1.42. The largest absolute Gasteiger partial charge is 0.356 e. The number of fused-ring (bicyclic) bond motifs is 1. The molecule has 154 valence electrons. The topological polar surface area (TPSA) is 62.7 Å². The summed E-state index contributed by atoms with van der Waals surface area (Å²) in [6, 6.07) is 2.96. The molecule has 0 radical (unpaired) electrons. The molecule has 3 heterocycles. The fraction of sp³-hybridized carbons (Fsp3) is 0.450. The minimum Gasteiger partial charge on any atom is -0.356 e. The molecule has 2 aliphatic rings. The highest BCUT2D eigenvalue weighted by Crippen LogP contribution is 2.38. The van der Waals surface area contributed by atoms with E-state index < -0.39 is 23.9 Å². The van der Waals surface area contributed by atoms with E-state index in [9.17, 15) is 18.4 Å². The molecule has 2 atom stereocenters. The van der Waals surface area contributed by atoms with Gasteiger partial charge in [0, 0.05) is 31.0 Å². The summed E-state index contributed by atoms with van der Waals surface area (Å²) in [4.78, 5) is 32.8. The van der Waals surface area contributed by atoms with Gasteiger partial charge in [0.25, 0.3) is 5.91 Å². The predicted molar refractivity (Wildman–Crippen MR) is 102 cm³/mol. The van der Waals surface area contributed by atoms with E-state index >= 15 is 0 Å². The van der Waals surface area contributed by atoms with Crippen LogP contribution >= 0.6 is 11.3 Å². The van der Waals surface area contributed by atoms with Crippen molar-refractivity contribution in [2.24, 2.45) is 0 Å². The third-order valence-corrected chi connectivity index (χ3v) is 5.91. The second kappa shape index (κ2) is 8.54. The Labute approximate surface area is 171 Å². The highest BCUT2D eigenvalue weighted by molar-refractivity contribution is 7.07. The Balaban J connectivity index is 1.49. The zero-order valence-corrected chi connectivity index (χ0v) is 16.5. The molecular weight excluding hydrogens is 400 g/mol. The Morgan fingerprint density at radius 3 is 2.69 bits per heavy atom. The van der Waals surface area contributed by atoms with Crippen LogP contribution in [0.5, 0.6) is 0 Å². The van der Waals surface area contributed by atoms with Gasteiger partial charge >= 0.3 is 0 Å². The molecule has 2 aromatic rings. The number of amides is 2. The van der Waals surface area contributed by atoms with Crippen LogP contribution < -0.4 is 0 Å². The first-order valence-corrected chi connectivity index (χ1v) is 10.5. The molecule has 1 aromatic heterocycles. The highest BCUT2D eigenvalue weighted by atomic mass is 32.1. The van der Waals surface area contributed by atoms with Gasteiger partial charge in [0.1, 0.15) is 23.6 Å². The van der Waals surface area contributed by atoms with E-state index in [2.05, 4.69) is 4.98 Å². The molecule has 1 aromatic carbocycles. The van der Waals surface area contributed by atoms with Gasteiger partial charge in [0.05, 0.1) is 18.2 Å². The van der Waals surface area contributed by atoms with Gasteiger partial charge in [-0.3, -0.25) is 9.59 Å². The van der Waals surface area contributed by atoms with Gasteiger partial charge in [-0.25, -0.2) is 13.8 Å². The molecule has 2 fully saturated rings. The van der Waals surface area contributed by atoms with E-state index in [-0.39, 0.29) is 24.8 Å². The van der Waals surface area contributed by atoms with Crippen molar-refractivity contribution in [3.05, 3.63) is 52.0 Å². The molecule has 2 aliphatic heterocycles. The number of hydrogen-bond donors (Lipinski definition) is 0. The van der Waals surface area contributed by atoms with Gasteiger partial charge in [-0.15, -0.1) is 11.3 Å². The zero-order chi connectivity index (χ0) is 20.4. The lowest BCUT2D eigenvalue weighted by atomic mass is 10.0. The molecule has 29 heavy (non-hydrogen) atoms. The van der Waals surface area contributed by atoms with Crippen LogP contribution in [-0.2, 0) is 9.53 Å². The molecule has 0 spiro atoms. The maximum Gasteiger partial charge on any atom is 0.273 e. The van der Waals surface area contributed by atoms with E-state index in [1.54, 1.807) is 20.7 Å². The first-order valence-electron chi connectivity index (χ1n) is 9.59. The number of halogens is 2. The third kappa shape index (κ3) is 4.30. The average Bonchev–Trinajstić information content (AvgIpc) is 3.35. The van der Waals surface area contributed by atoms with Crippen LogP contribution in [0, 0.1) is 11.6 Å². The van der Waals surface area contributed by atoms with Gasteiger partial charge in [-0.1, -0.05) is 0 Å². The minimum atomic E-state index is -0.658. The molecule has 0 saturated carbocycles. The van der Waals surface area contributed by atoms with Crippen LogP contribution in [0.15, 0.2) is 29.1 Å². The van der Waals surface area contributed by atoms with Crippen LogP contribution in [0.25, 0.3) is 0 Å². The lowest BCUT2D eigenvalue weighted by Gasteiger charge is -2.33. The summed E-state index contributed by atoms with van der Waals surface area (Å²) in [5.41, 5.74) is 2.45. The van der Waals surface area contributed by atoms with Crippen LogP contribution in [-0.4, -0.2) is 52.5 Å². The second-order valence-corrected chi connectivity index (χ2v) is 7.91. The number of carbonyl (C=O) groups is 2. The molecule has 2 saturated heterocycles. The van der Waals surface area contributed by atoms with Crippen molar-refractivity contribution in [2.45, 2.75) is 38.0 Å². The second-order valence-electron chi connectivity index (χ2n) is 7.19. The molecule has 2 amide bonds. The molecule has 6 nitrogen and oxygen atoms in total. The van der Waals surface area contributed by atoms with Crippen molar-refractivity contribution in [1.29, 1.82) is 0 Å². The Morgan fingerprint density at radius 2 is 1.97 bits per heavy atom. The number of aromatic nitrogens is 1. The van der Waals surface area contributed by atoms with Crippen LogP contribution in [0.2, 0.25) is 0 Å². The standard InChI is InChI=1S/C20H21F2N3O3S/c21-14-8-13(9-15(22)10-14)17-3-4-19-25(17)18(26)2-1-5-24(6-7-28-19)20(27)16-11-29-12-23-16/h8-12,17,19H,1-7H2/t17-,19+/m0/s1. The minimum absolute atomic E-state index is 0.134. The summed E-state index contributed by atoms with van der Waals surface area (Å²) in [7, 11) is 0. The van der Waals surface area contributed by atoms with Crippen molar-refractivity contribution in [3.63, 3.8) is 0 Å². The Kier molecular flexibility index (Phi) is 5.86. The quantitative estimate of drug-likeness (QED) is 0.746. The normalized spacial score (nSPS) is 23.2. The molecule has 0 N–H and O–H groups in total. The summed E-state index contributed by atoms with van der Waals surface area (Å²) in [5.74, 6) is -1.62. The van der Waals surface area contributed by atoms with Crippen molar-refractivity contribution in [1.82, 2.24) is 14.8 Å². The van der Waals surface area contributed by atoms with Crippen LogP contribution in [0.1, 0.15) is 47.8 Å². The first kappa shape index (κ1) is 19.9. The van der Waals surface area contributed by atoms with Crippen LogP contribution in [0.3, 0.4) is 0 Å². The molecule has 0 bridgehead atoms. The van der Waals surface area contributed by atoms with E-state index in [4.69, 9.17) is 4.74 Å². The number of rotatable bonds is 2. The van der Waals surface area contributed by atoms with Crippen molar-refractivity contribution in [3.8, 4) is 0 Å². The maximum absolute atomic E-state index is 13.7. The smallest absolute Gasteiger partial charge is 0.273 e. The molecule has 0 aliphatic carbocycles. The Bertz CT molecular complexity index is 873. The average molecular weight is 421 g/mol. The summed E-state index contributed by atoms with van der Waals surface area (Å²) in [6.45, 7) is 1.09. The SMILES string of the molecule is O=C(c1cscn1)N1CCCC(=O)N2[C@@H](CC[C@H]2c2cc(F)cc(F)c2)OCC1. The van der Waals surface area contributed by atoms with E-state index in [0.29, 0.717) is 43.6 Å². The lowest BCUT2D eigenvalue weighted by Crippen LogP contribution is -2.43. The first-order chi connectivity index (χ1) is 14.0. The Morgan fingerprint density at radius 1 is 1.17 bits per heavy atom. The fourth-order valence-electron chi connectivity index (χ4n) is 4.02. The summed E-state index contributed by atoms with van der Waals surface area (Å²) < 4.78 is 33.3. The third-order valence-electron chi connectivity index (χ3n) is 5.32. The molecule has 4 rings (SSSR count). The van der Waals surface area contributed by atoms with Crippen molar-refractivity contribution < 1.29 is 23.1 Å². The van der Waals surface area contributed by atoms with Crippen molar-refractivity contribution >= 4 is 23.2 Å². The van der Waals surface area contributed by atoms with E-state index in [1.807, 2.05) is 0 Å². The molecule has 9 heteroatoms. The highest BCUT2D eigenvalue weighted by Gasteiger charge is 2.39. The number of carbonyl (C=O) groups excluding carboxylic acids is 2. The van der Waals surface area contributed by atoms with Gasteiger partial charge < -0.3 is 14.5 Å². The van der Waals surface area contributed by atoms with Gasteiger partial charge in [0.15, 0.2) is 0 Å². The Hall–Kier alpha value is -2.39. The van der Waals surface area contributed by atoms with E-state index in [1.165, 1.54) is 23.5 Å². The predicted octanol–water partition coefficient (Wildman–Crippen LogP) is 3.36. The van der Waals surface area contributed by atoms with Crippen molar-refractivity contribution in [2.75, 3.05) is 19.7 Å². The molecular formula is C20H21F2N3O3S. The molecule has 0 unspecified atom stereocenters. The fourth-order valence-corrected chi connectivity index (χ4v) is 4.54. The number of thiazole rings is 1. The van der Waals surface area contributed by atoms with Gasteiger partial charge in [-0.05, 0) is 37.0 Å². The number of ether oxygens (including phenoxy) is 1. The number of nitrogens with zero attached hydrogens (tertiary/aromatic N) is 3. The van der Waals surface area contributed by atoms with E-state index in [0.717, 1.165) is 6.07 Å². The zero-order valence-electron chi connectivity index (χ0n) is 15.7. The summed E-state index contributed by atoms with van der Waals surface area (Å²) >= 11 is 1.36. The van der Waals surface area contributed by atoms with Gasteiger partial charge in [-0.2, -0.15) is 0 Å². The van der Waals surface area contributed by atoms with Crippen LogP contribution in [0.4, 0.5) is 8.78 Å². The lowest BCUT2D eigenvalue weighted by molar-refractivity contribution is -0.146.